The second kappa shape index (κ2) is 4.79. The first-order valence-corrected chi connectivity index (χ1v) is 6.37. The number of allylic oxidation sites excluding steroid dienone is 4. The van der Waals surface area contributed by atoms with Crippen LogP contribution < -0.4 is 5.73 Å². The number of benzene rings is 1. The summed E-state index contributed by atoms with van der Waals surface area (Å²) in [6.07, 6.45) is 5.62. The molecule has 84 valence electrons. The lowest BCUT2D eigenvalue weighted by molar-refractivity contribution is 0.696. The highest BCUT2D eigenvalue weighted by atomic mass is 32.2. The minimum absolute atomic E-state index is 0.622. The van der Waals surface area contributed by atoms with Gasteiger partial charge in [-0.05, 0) is 42.4 Å². The highest BCUT2D eigenvalue weighted by molar-refractivity contribution is 8.03. The van der Waals surface area contributed by atoms with Crippen LogP contribution >= 0.6 is 11.8 Å². The third kappa shape index (κ3) is 2.70. The topological polar surface area (TPSA) is 26.0 Å². The van der Waals surface area contributed by atoms with Gasteiger partial charge < -0.3 is 5.73 Å². The fourth-order valence-electron chi connectivity index (χ4n) is 1.89. The molecular formula is C14H17NS. The maximum absolute atomic E-state index is 5.78. The summed E-state index contributed by atoms with van der Waals surface area (Å²) in [5.41, 5.74) is 8.07. The lowest BCUT2D eigenvalue weighted by Gasteiger charge is -2.19. The van der Waals surface area contributed by atoms with Gasteiger partial charge in [-0.25, -0.2) is 0 Å². The van der Waals surface area contributed by atoms with Crippen molar-refractivity contribution in [3.8, 4) is 0 Å². The Hall–Kier alpha value is -1.15. The first kappa shape index (κ1) is 11.3. The van der Waals surface area contributed by atoms with Crippen molar-refractivity contribution in [2.45, 2.75) is 25.2 Å². The second-order valence-corrected chi connectivity index (χ2v) is 5.51. The molecule has 0 spiro atoms. The van der Waals surface area contributed by atoms with Crippen LogP contribution in [0.1, 0.15) is 20.3 Å². The average Bonchev–Trinajstić information content (AvgIpc) is 2.22. The maximum Gasteiger partial charge on any atom is 0.0325 e. The fraction of sp³-hybridized carbons (Fsp3) is 0.286. The van der Waals surface area contributed by atoms with E-state index in [1.54, 1.807) is 0 Å². The van der Waals surface area contributed by atoms with E-state index in [2.05, 4.69) is 32.1 Å². The number of hydrogen-bond acceptors (Lipinski definition) is 2. The van der Waals surface area contributed by atoms with Crippen LogP contribution in [0.5, 0.6) is 0 Å². The Morgan fingerprint density at radius 2 is 2.12 bits per heavy atom. The van der Waals surface area contributed by atoms with Crippen LogP contribution in [0.15, 0.2) is 51.8 Å². The lowest BCUT2D eigenvalue weighted by Crippen LogP contribution is -2.01. The summed E-state index contributed by atoms with van der Waals surface area (Å²) in [6, 6.07) is 8.07. The highest BCUT2D eigenvalue weighted by Crippen LogP contribution is 2.37. The molecule has 0 amide bonds. The minimum atomic E-state index is 0.622. The van der Waals surface area contributed by atoms with Gasteiger partial charge in [-0.1, -0.05) is 42.5 Å². The molecule has 0 aromatic heterocycles. The van der Waals surface area contributed by atoms with E-state index in [9.17, 15) is 0 Å². The van der Waals surface area contributed by atoms with E-state index in [0.29, 0.717) is 5.92 Å². The Morgan fingerprint density at radius 3 is 2.81 bits per heavy atom. The van der Waals surface area contributed by atoms with Crippen LogP contribution in [0.2, 0.25) is 0 Å². The predicted molar refractivity (Wildman–Crippen MR) is 72.3 cm³/mol. The molecule has 0 heterocycles. The summed E-state index contributed by atoms with van der Waals surface area (Å²) >= 11 is 1.83. The third-order valence-electron chi connectivity index (χ3n) is 2.74. The molecule has 1 aromatic carbocycles. The van der Waals surface area contributed by atoms with E-state index in [0.717, 1.165) is 5.69 Å². The van der Waals surface area contributed by atoms with Crippen molar-refractivity contribution in [1.29, 1.82) is 0 Å². The SMILES string of the molecule is CC1=CC=C(Sc2cccc(N)c2)C(C)C1. The quantitative estimate of drug-likeness (QED) is 0.771. The molecule has 1 atom stereocenters. The van der Waals surface area contributed by atoms with Crippen molar-refractivity contribution in [3.63, 3.8) is 0 Å². The van der Waals surface area contributed by atoms with E-state index >= 15 is 0 Å². The Kier molecular flexibility index (Phi) is 3.39. The molecule has 2 N–H and O–H groups in total. The fourth-order valence-corrected chi connectivity index (χ4v) is 2.92. The van der Waals surface area contributed by atoms with Gasteiger partial charge in [-0.2, -0.15) is 0 Å². The van der Waals surface area contributed by atoms with Crippen LogP contribution in [-0.2, 0) is 0 Å². The van der Waals surface area contributed by atoms with E-state index in [-0.39, 0.29) is 0 Å². The molecule has 1 aliphatic carbocycles. The Morgan fingerprint density at radius 1 is 1.31 bits per heavy atom. The van der Waals surface area contributed by atoms with Crippen molar-refractivity contribution in [2.75, 3.05) is 5.73 Å². The normalized spacial score (nSPS) is 20.2. The van der Waals surface area contributed by atoms with E-state index in [1.165, 1.54) is 21.8 Å². The van der Waals surface area contributed by atoms with E-state index in [4.69, 9.17) is 5.73 Å². The lowest BCUT2D eigenvalue weighted by atomic mass is 9.97. The van der Waals surface area contributed by atoms with Gasteiger partial charge in [0, 0.05) is 10.6 Å². The standard InChI is InChI=1S/C14H17NS/c1-10-6-7-14(11(2)8-10)16-13-5-3-4-12(15)9-13/h3-7,9,11H,8,15H2,1-2H3. The van der Waals surface area contributed by atoms with Gasteiger partial charge in [-0.3, -0.25) is 0 Å². The first-order valence-electron chi connectivity index (χ1n) is 5.56. The summed E-state index contributed by atoms with van der Waals surface area (Å²) < 4.78 is 0. The molecule has 1 unspecified atom stereocenters. The van der Waals surface area contributed by atoms with Crippen molar-refractivity contribution in [1.82, 2.24) is 0 Å². The second-order valence-electron chi connectivity index (χ2n) is 4.36. The molecule has 16 heavy (non-hydrogen) atoms. The van der Waals surface area contributed by atoms with Crippen molar-refractivity contribution in [2.24, 2.45) is 5.92 Å². The number of anilines is 1. The van der Waals surface area contributed by atoms with Gasteiger partial charge in [0.25, 0.3) is 0 Å². The first-order chi connectivity index (χ1) is 7.65. The predicted octanol–water partition coefficient (Wildman–Crippen LogP) is 4.23. The van der Waals surface area contributed by atoms with Crippen LogP contribution in [0.25, 0.3) is 0 Å². The largest absolute Gasteiger partial charge is 0.399 e. The van der Waals surface area contributed by atoms with Crippen molar-refractivity contribution < 1.29 is 0 Å². The number of hydrogen-bond donors (Lipinski definition) is 1. The smallest absolute Gasteiger partial charge is 0.0325 e. The minimum Gasteiger partial charge on any atom is -0.399 e. The van der Waals surface area contributed by atoms with Gasteiger partial charge in [0.1, 0.15) is 0 Å². The van der Waals surface area contributed by atoms with Crippen LogP contribution in [-0.4, -0.2) is 0 Å². The summed E-state index contributed by atoms with van der Waals surface area (Å²) in [5.74, 6) is 0.622. The monoisotopic (exact) mass is 231 g/mol. The molecule has 0 saturated carbocycles. The summed E-state index contributed by atoms with van der Waals surface area (Å²) in [4.78, 5) is 2.65. The van der Waals surface area contributed by atoms with Crippen LogP contribution in [0.3, 0.4) is 0 Å². The molecular weight excluding hydrogens is 214 g/mol. The van der Waals surface area contributed by atoms with Gasteiger partial charge in [0.15, 0.2) is 0 Å². The third-order valence-corrected chi connectivity index (χ3v) is 4.00. The Bertz CT molecular complexity index is 446. The van der Waals surface area contributed by atoms with Crippen LogP contribution in [0.4, 0.5) is 5.69 Å². The molecule has 1 aromatic rings. The zero-order valence-corrected chi connectivity index (χ0v) is 10.6. The molecule has 2 heteroatoms. The number of nitrogens with two attached hydrogens (primary N) is 1. The van der Waals surface area contributed by atoms with Gasteiger partial charge >= 0.3 is 0 Å². The molecule has 1 aliphatic rings. The highest BCUT2D eigenvalue weighted by Gasteiger charge is 2.13. The number of rotatable bonds is 2. The Balaban J connectivity index is 2.16. The summed E-state index contributed by atoms with van der Waals surface area (Å²) in [5, 5.41) is 0. The van der Waals surface area contributed by atoms with Gasteiger partial charge in [-0.15, -0.1) is 0 Å². The van der Waals surface area contributed by atoms with Gasteiger partial charge in [0.2, 0.25) is 0 Å². The maximum atomic E-state index is 5.78. The average molecular weight is 231 g/mol. The van der Waals surface area contributed by atoms with E-state index < -0.39 is 0 Å². The summed E-state index contributed by atoms with van der Waals surface area (Å²) in [6.45, 7) is 4.47. The molecule has 0 fully saturated rings. The number of nitrogen functional groups attached to an aromatic ring is 1. The van der Waals surface area contributed by atoms with Crippen molar-refractivity contribution >= 4 is 17.4 Å². The van der Waals surface area contributed by atoms with Gasteiger partial charge in [0.05, 0.1) is 0 Å². The molecule has 0 bridgehead atoms. The zero-order valence-electron chi connectivity index (χ0n) is 9.73. The molecule has 0 aliphatic heterocycles. The molecule has 2 rings (SSSR count). The molecule has 1 nitrogen and oxygen atoms in total. The number of thioether (sulfide) groups is 1. The van der Waals surface area contributed by atoms with E-state index in [1.807, 2.05) is 30.0 Å². The van der Waals surface area contributed by atoms with Crippen LogP contribution in [0, 0.1) is 5.92 Å². The molecule has 0 radical (unpaired) electrons. The summed E-state index contributed by atoms with van der Waals surface area (Å²) in [7, 11) is 0. The van der Waals surface area contributed by atoms with Crippen molar-refractivity contribution in [3.05, 3.63) is 46.9 Å². The Labute approximate surface area is 101 Å². The zero-order chi connectivity index (χ0) is 11.5. The molecule has 0 saturated heterocycles.